The van der Waals surface area contributed by atoms with Crippen LogP contribution in [0.15, 0.2) is 12.2 Å². The van der Waals surface area contributed by atoms with Gasteiger partial charge in [-0.1, -0.05) is 31.9 Å². The summed E-state index contributed by atoms with van der Waals surface area (Å²) in [5, 5.41) is 0. The quantitative estimate of drug-likeness (QED) is 0.509. The van der Waals surface area contributed by atoms with Crippen LogP contribution in [0.4, 0.5) is 0 Å². The lowest BCUT2D eigenvalue weighted by atomic mass is 9.63. The van der Waals surface area contributed by atoms with Crippen LogP contribution in [0.25, 0.3) is 0 Å². The number of fused-ring (bicyclic) bond motifs is 1. The van der Waals surface area contributed by atoms with Crippen molar-refractivity contribution in [3.05, 3.63) is 12.2 Å². The summed E-state index contributed by atoms with van der Waals surface area (Å²) in [6.45, 7) is 9.46. The van der Waals surface area contributed by atoms with E-state index >= 15 is 0 Å². The average molecular weight is 252 g/mol. The minimum Gasteiger partial charge on any atom is -0.414 e. The van der Waals surface area contributed by atoms with Gasteiger partial charge in [0.05, 0.1) is 6.10 Å². The molecule has 2 rings (SSSR count). The Hall–Kier alpha value is -0.0831. The van der Waals surface area contributed by atoms with Crippen LogP contribution in [-0.2, 0) is 4.43 Å². The lowest BCUT2D eigenvalue weighted by Gasteiger charge is -2.47. The number of rotatable bonds is 2. The third-order valence-electron chi connectivity index (χ3n) is 4.62. The summed E-state index contributed by atoms with van der Waals surface area (Å²) in [7, 11) is -1.42. The molecule has 0 heterocycles. The van der Waals surface area contributed by atoms with Crippen LogP contribution in [-0.4, -0.2) is 14.4 Å². The Labute approximate surface area is 108 Å². The maximum atomic E-state index is 6.52. The van der Waals surface area contributed by atoms with Crippen molar-refractivity contribution >= 4 is 8.32 Å². The fraction of sp³-hybridized carbons (Fsp3) is 0.867. The van der Waals surface area contributed by atoms with Gasteiger partial charge in [-0.3, -0.25) is 0 Å². The normalized spacial score (nSPS) is 38.6. The first-order valence-electron chi connectivity index (χ1n) is 7.25. The van der Waals surface area contributed by atoms with Gasteiger partial charge in [0, 0.05) is 0 Å². The molecule has 2 aliphatic carbocycles. The van der Waals surface area contributed by atoms with Gasteiger partial charge in [0.1, 0.15) is 0 Å². The summed E-state index contributed by atoms with van der Waals surface area (Å²) in [5.74, 6) is 0.858. The van der Waals surface area contributed by atoms with Crippen LogP contribution in [0.5, 0.6) is 0 Å². The lowest BCUT2D eigenvalue weighted by molar-refractivity contribution is -0.0163. The van der Waals surface area contributed by atoms with E-state index in [9.17, 15) is 0 Å². The van der Waals surface area contributed by atoms with Crippen LogP contribution >= 0.6 is 0 Å². The molecule has 2 aliphatic rings. The molecule has 0 spiro atoms. The second-order valence-corrected chi connectivity index (χ2v) is 11.6. The van der Waals surface area contributed by atoms with E-state index in [1.165, 1.54) is 32.1 Å². The minimum absolute atomic E-state index is 0.433. The highest BCUT2D eigenvalue weighted by molar-refractivity contribution is 6.69. The molecule has 0 aliphatic heterocycles. The molecule has 0 saturated heterocycles. The standard InChI is InChI=1S/C15H28OSi/c1-15-12-8-7-10-13(15)9-5-6-11-14(15)16-17(2,3)4/h5-6,13-14H,7-12H2,1-4H3/t13-,14?,15+/m0/s1. The predicted molar refractivity (Wildman–Crippen MR) is 76.7 cm³/mol. The molecular weight excluding hydrogens is 224 g/mol. The molecule has 98 valence electrons. The Kier molecular flexibility index (Phi) is 3.84. The smallest absolute Gasteiger partial charge is 0.184 e. The van der Waals surface area contributed by atoms with Crippen molar-refractivity contribution in [1.29, 1.82) is 0 Å². The second-order valence-electron chi connectivity index (χ2n) is 7.11. The van der Waals surface area contributed by atoms with E-state index in [0.29, 0.717) is 11.5 Å². The van der Waals surface area contributed by atoms with Crippen LogP contribution < -0.4 is 0 Å². The molecule has 17 heavy (non-hydrogen) atoms. The van der Waals surface area contributed by atoms with Crippen molar-refractivity contribution in [2.45, 2.75) is 71.2 Å². The van der Waals surface area contributed by atoms with E-state index < -0.39 is 8.32 Å². The summed E-state index contributed by atoms with van der Waals surface area (Å²) in [4.78, 5) is 0. The number of hydrogen-bond acceptors (Lipinski definition) is 1. The van der Waals surface area contributed by atoms with E-state index in [4.69, 9.17) is 4.43 Å². The topological polar surface area (TPSA) is 9.23 Å². The molecule has 0 bridgehead atoms. The highest BCUT2D eigenvalue weighted by Gasteiger charge is 2.44. The molecule has 0 aromatic carbocycles. The van der Waals surface area contributed by atoms with Gasteiger partial charge < -0.3 is 4.43 Å². The Morgan fingerprint density at radius 1 is 1.12 bits per heavy atom. The van der Waals surface area contributed by atoms with Gasteiger partial charge in [0.25, 0.3) is 0 Å². The summed E-state index contributed by atoms with van der Waals surface area (Å²) in [5.41, 5.74) is 0.433. The minimum atomic E-state index is -1.42. The Morgan fingerprint density at radius 2 is 1.82 bits per heavy atom. The van der Waals surface area contributed by atoms with E-state index in [2.05, 4.69) is 38.7 Å². The molecule has 3 atom stereocenters. The molecule has 1 saturated carbocycles. The SMILES string of the molecule is C[C@@]12CCCC[C@@H]1CC=CCC2O[Si](C)(C)C. The molecule has 0 radical (unpaired) electrons. The lowest BCUT2D eigenvalue weighted by Crippen LogP contribution is -2.46. The predicted octanol–water partition coefficient (Wildman–Crippen LogP) is 4.75. The largest absolute Gasteiger partial charge is 0.414 e. The molecule has 1 unspecified atom stereocenters. The van der Waals surface area contributed by atoms with Crippen molar-refractivity contribution < 1.29 is 4.43 Å². The van der Waals surface area contributed by atoms with Crippen LogP contribution in [0, 0.1) is 11.3 Å². The monoisotopic (exact) mass is 252 g/mol. The fourth-order valence-electron chi connectivity index (χ4n) is 3.60. The molecule has 0 aromatic heterocycles. The molecule has 0 aromatic rings. The second kappa shape index (κ2) is 4.89. The first kappa shape index (κ1) is 13.4. The Morgan fingerprint density at radius 3 is 2.53 bits per heavy atom. The van der Waals surface area contributed by atoms with Gasteiger partial charge in [0.15, 0.2) is 8.32 Å². The van der Waals surface area contributed by atoms with Crippen molar-refractivity contribution in [3.63, 3.8) is 0 Å². The third kappa shape index (κ3) is 3.03. The fourth-order valence-corrected chi connectivity index (χ4v) is 4.82. The van der Waals surface area contributed by atoms with Crippen molar-refractivity contribution in [2.75, 3.05) is 0 Å². The van der Waals surface area contributed by atoms with E-state index in [1.54, 1.807) is 0 Å². The van der Waals surface area contributed by atoms with Crippen LogP contribution in [0.2, 0.25) is 19.6 Å². The van der Waals surface area contributed by atoms with E-state index in [1.807, 2.05) is 0 Å². The number of hydrogen-bond donors (Lipinski definition) is 0. The zero-order valence-electron chi connectivity index (χ0n) is 12.0. The molecule has 1 nitrogen and oxygen atoms in total. The summed E-state index contributed by atoms with van der Waals surface area (Å²) < 4.78 is 6.52. The molecule has 0 N–H and O–H groups in total. The maximum Gasteiger partial charge on any atom is 0.184 e. The zero-order valence-corrected chi connectivity index (χ0v) is 13.0. The number of allylic oxidation sites excluding steroid dienone is 1. The summed E-state index contributed by atoms with van der Waals surface area (Å²) >= 11 is 0. The van der Waals surface area contributed by atoms with Crippen LogP contribution in [0.1, 0.15) is 45.4 Å². The highest BCUT2D eigenvalue weighted by atomic mass is 28.4. The van der Waals surface area contributed by atoms with Gasteiger partial charge in [-0.25, -0.2) is 0 Å². The van der Waals surface area contributed by atoms with E-state index in [0.717, 1.165) is 12.3 Å². The van der Waals surface area contributed by atoms with E-state index in [-0.39, 0.29) is 0 Å². The van der Waals surface area contributed by atoms with Crippen LogP contribution in [0.3, 0.4) is 0 Å². The molecular formula is C15H28OSi. The zero-order chi connectivity index (χ0) is 12.5. The van der Waals surface area contributed by atoms with Crippen molar-refractivity contribution in [3.8, 4) is 0 Å². The maximum absolute atomic E-state index is 6.52. The van der Waals surface area contributed by atoms with Gasteiger partial charge in [-0.15, -0.1) is 0 Å². The molecule has 0 amide bonds. The van der Waals surface area contributed by atoms with Gasteiger partial charge in [0.2, 0.25) is 0 Å². The van der Waals surface area contributed by atoms with Crippen molar-refractivity contribution in [2.24, 2.45) is 11.3 Å². The third-order valence-corrected chi connectivity index (χ3v) is 5.61. The average Bonchev–Trinajstić information content (AvgIpc) is 2.37. The first-order chi connectivity index (χ1) is 7.92. The van der Waals surface area contributed by atoms with Gasteiger partial charge in [-0.2, -0.15) is 0 Å². The van der Waals surface area contributed by atoms with Gasteiger partial charge >= 0.3 is 0 Å². The summed E-state index contributed by atoms with van der Waals surface area (Å²) in [6, 6.07) is 0. The summed E-state index contributed by atoms with van der Waals surface area (Å²) in [6.07, 6.45) is 13.3. The van der Waals surface area contributed by atoms with Gasteiger partial charge in [-0.05, 0) is 56.7 Å². The van der Waals surface area contributed by atoms with Crippen molar-refractivity contribution in [1.82, 2.24) is 0 Å². The Balaban J connectivity index is 2.19. The Bertz CT molecular complexity index is 292. The molecule has 2 heteroatoms. The highest BCUT2D eigenvalue weighted by Crippen LogP contribution is 2.49. The molecule has 1 fully saturated rings. The first-order valence-corrected chi connectivity index (χ1v) is 10.7.